The van der Waals surface area contributed by atoms with E-state index in [0.717, 1.165) is 21.9 Å². The predicted molar refractivity (Wildman–Crippen MR) is 149 cm³/mol. The minimum atomic E-state index is -0.879. The first-order chi connectivity index (χ1) is 19.4. The van der Waals surface area contributed by atoms with E-state index in [2.05, 4.69) is 0 Å². The Morgan fingerprint density at radius 1 is 0.775 bits per heavy atom. The molecule has 3 aliphatic rings. The van der Waals surface area contributed by atoms with E-state index >= 15 is 0 Å². The molecule has 0 N–H and O–H groups in total. The Morgan fingerprint density at radius 2 is 1.48 bits per heavy atom. The highest BCUT2D eigenvalue weighted by atomic mass is 16.5. The molecular weight excluding hydrogens is 504 g/mol. The van der Waals surface area contributed by atoms with Crippen LogP contribution in [0.15, 0.2) is 97.2 Å². The van der Waals surface area contributed by atoms with E-state index in [1.165, 1.54) is 11.8 Å². The second kappa shape index (κ2) is 9.02. The van der Waals surface area contributed by atoms with E-state index in [1.807, 2.05) is 77.8 Å². The molecule has 7 heteroatoms. The van der Waals surface area contributed by atoms with Crippen LogP contribution < -0.4 is 9.64 Å². The van der Waals surface area contributed by atoms with Gasteiger partial charge in [0, 0.05) is 24.1 Å². The van der Waals surface area contributed by atoms with E-state index < -0.39 is 29.9 Å². The number of hydrogen-bond acceptors (Lipinski definition) is 6. The van der Waals surface area contributed by atoms with Gasteiger partial charge in [-0.15, -0.1) is 0 Å². The first-order valence-corrected chi connectivity index (χ1v) is 13.2. The van der Waals surface area contributed by atoms with Crippen molar-refractivity contribution in [2.45, 2.75) is 19.0 Å². The molecule has 4 aromatic rings. The van der Waals surface area contributed by atoms with Crippen LogP contribution >= 0.6 is 0 Å². The van der Waals surface area contributed by atoms with Gasteiger partial charge in [-0.2, -0.15) is 0 Å². The minimum absolute atomic E-state index is 0.267. The molecule has 3 heterocycles. The van der Waals surface area contributed by atoms with Gasteiger partial charge < -0.3 is 9.64 Å². The van der Waals surface area contributed by atoms with Crippen molar-refractivity contribution in [3.63, 3.8) is 0 Å². The Bertz CT molecular complexity index is 1750. The van der Waals surface area contributed by atoms with Crippen LogP contribution in [0.3, 0.4) is 0 Å². The third kappa shape index (κ3) is 3.51. The molecular formula is C33H24N2O5. The molecule has 4 aromatic carbocycles. The fourth-order valence-corrected chi connectivity index (χ4v) is 6.52. The molecule has 0 unspecified atom stereocenters. The number of carbonyl (C=O) groups excluding carboxylic acids is 4. The van der Waals surface area contributed by atoms with E-state index in [-0.39, 0.29) is 17.6 Å². The third-order valence-electron chi connectivity index (χ3n) is 8.14. The van der Waals surface area contributed by atoms with E-state index in [9.17, 15) is 19.2 Å². The maximum absolute atomic E-state index is 14.3. The van der Waals surface area contributed by atoms with Gasteiger partial charge in [-0.25, -0.2) is 4.90 Å². The summed E-state index contributed by atoms with van der Waals surface area (Å²) in [6.07, 6.45) is 3.76. The highest BCUT2D eigenvalue weighted by molar-refractivity contribution is 6.27. The number of anilines is 1. The van der Waals surface area contributed by atoms with Crippen LogP contribution in [0.5, 0.6) is 5.75 Å². The van der Waals surface area contributed by atoms with E-state index in [0.29, 0.717) is 17.0 Å². The Kier molecular flexibility index (Phi) is 5.42. The predicted octanol–water partition coefficient (Wildman–Crippen LogP) is 5.16. The molecule has 7 nitrogen and oxygen atoms in total. The summed E-state index contributed by atoms with van der Waals surface area (Å²) < 4.78 is 5.12. The summed E-state index contributed by atoms with van der Waals surface area (Å²) in [7, 11) is 0. The van der Waals surface area contributed by atoms with Gasteiger partial charge in [0.25, 0.3) is 0 Å². The number of nitrogens with zero attached hydrogens (tertiary/aromatic N) is 2. The van der Waals surface area contributed by atoms with Crippen LogP contribution in [0.4, 0.5) is 5.69 Å². The van der Waals surface area contributed by atoms with Crippen molar-refractivity contribution in [1.29, 1.82) is 0 Å². The summed E-state index contributed by atoms with van der Waals surface area (Å²) in [5, 5.41) is 1.72. The topological polar surface area (TPSA) is 84.0 Å². The van der Waals surface area contributed by atoms with Crippen molar-refractivity contribution >= 4 is 46.1 Å². The zero-order valence-electron chi connectivity index (χ0n) is 21.6. The summed E-state index contributed by atoms with van der Waals surface area (Å²) in [4.78, 5) is 57.2. The van der Waals surface area contributed by atoms with Crippen LogP contribution in [-0.2, 0) is 14.4 Å². The molecule has 196 valence electrons. The van der Waals surface area contributed by atoms with Crippen LogP contribution in [0.25, 0.3) is 16.8 Å². The van der Waals surface area contributed by atoms with Crippen molar-refractivity contribution in [2.24, 2.45) is 11.8 Å². The molecule has 2 saturated heterocycles. The van der Waals surface area contributed by atoms with Gasteiger partial charge >= 0.3 is 5.97 Å². The molecule has 0 aromatic heterocycles. The number of carbonyl (C=O) groups is 4. The average Bonchev–Trinajstić information content (AvgIpc) is 3.44. The summed E-state index contributed by atoms with van der Waals surface area (Å²) in [6.45, 7) is 1.31. The summed E-state index contributed by atoms with van der Waals surface area (Å²) in [5.74, 6) is -2.67. The van der Waals surface area contributed by atoms with Gasteiger partial charge in [0.15, 0.2) is 5.78 Å². The molecule has 7 rings (SSSR count). The number of amides is 2. The number of ketones is 1. The van der Waals surface area contributed by atoms with Crippen molar-refractivity contribution in [2.75, 3.05) is 4.90 Å². The molecule has 2 amide bonds. The zero-order chi connectivity index (χ0) is 27.5. The first-order valence-electron chi connectivity index (χ1n) is 13.2. The van der Waals surface area contributed by atoms with Crippen LogP contribution in [0.1, 0.15) is 34.5 Å². The molecule has 0 aliphatic carbocycles. The highest BCUT2D eigenvalue weighted by Crippen LogP contribution is 2.54. The Labute approximate surface area is 230 Å². The number of rotatable bonds is 4. The second-order valence-electron chi connectivity index (χ2n) is 10.3. The van der Waals surface area contributed by atoms with Gasteiger partial charge in [0.1, 0.15) is 11.8 Å². The number of hydrogen-bond donors (Lipinski definition) is 0. The number of ether oxygens (including phenoxy) is 1. The lowest BCUT2D eigenvalue weighted by atomic mass is 9.83. The standard InChI is InChI=1S/C33H24N2O5/c1-19(36)40-23-15-13-22(14-16-23)31(37)30-28-27(29-25-11-5-3-8-21(25)17-18-34(29)30)32(38)35(33(28)39)26-12-6-9-20-7-2-4-10-24(20)26/h2-18,27-30H,1H3/t27-,28-,29+,30-/m0/s1. The molecule has 0 saturated carbocycles. The zero-order valence-corrected chi connectivity index (χ0v) is 21.6. The lowest BCUT2D eigenvalue weighted by Gasteiger charge is -2.35. The Morgan fingerprint density at radius 3 is 2.27 bits per heavy atom. The molecule has 2 fully saturated rings. The first kappa shape index (κ1) is 24.0. The number of esters is 1. The van der Waals surface area contributed by atoms with Crippen LogP contribution in [-0.4, -0.2) is 34.5 Å². The van der Waals surface area contributed by atoms with Crippen molar-refractivity contribution in [1.82, 2.24) is 4.90 Å². The molecule has 0 radical (unpaired) electrons. The molecule has 4 atom stereocenters. The molecule has 40 heavy (non-hydrogen) atoms. The van der Waals surface area contributed by atoms with Gasteiger partial charge in [0.05, 0.1) is 23.6 Å². The third-order valence-corrected chi connectivity index (χ3v) is 8.14. The lowest BCUT2D eigenvalue weighted by Crippen LogP contribution is -2.44. The van der Waals surface area contributed by atoms with Crippen molar-refractivity contribution < 1.29 is 23.9 Å². The van der Waals surface area contributed by atoms with Crippen molar-refractivity contribution in [3.05, 3.63) is 114 Å². The van der Waals surface area contributed by atoms with Crippen LogP contribution in [0.2, 0.25) is 0 Å². The fourth-order valence-electron chi connectivity index (χ4n) is 6.52. The molecule has 3 aliphatic heterocycles. The van der Waals surface area contributed by atoms with Gasteiger partial charge in [-0.05, 0) is 52.9 Å². The largest absolute Gasteiger partial charge is 0.427 e. The van der Waals surface area contributed by atoms with Crippen molar-refractivity contribution in [3.8, 4) is 5.75 Å². The summed E-state index contributed by atoms with van der Waals surface area (Å²) in [5.41, 5.74) is 2.79. The van der Waals surface area contributed by atoms with E-state index in [1.54, 1.807) is 30.3 Å². The average molecular weight is 529 g/mol. The number of fused-ring (bicyclic) bond motifs is 6. The number of imide groups is 1. The summed E-state index contributed by atoms with van der Waals surface area (Å²) in [6, 6.07) is 26.0. The fraction of sp³-hybridized carbons (Fsp3) is 0.152. The SMILES string of the molecule is CC(=O)Oc1ccc(C(=O)[C@@H]2[C@H]3C(=O)N(c4cccc5ccccc45)C(=O)[C@@H]3[C@H]3c4ccccc4C=CN23)cc1. The normalized spacial score (nSPS) is 22.7. The minimum Gasteiger partial charge on any atom is -0.427 e. The Balaban J connectivity index is 1.35. The van der Waals surface area contributed by atoms with Gasteiger partial charge in [0.2, 0.25) is 11.8 Å². The number of benzene rings is 4. The van der Waals surface area contributed by atoms with Gasteiger partial charge in [-0.3, -0.25) is 19.2 Å². The smallest absolute Gasteiger partial charge is 0.308 e. The molecule has 0 bridgehead atoms. The van der Waals surface area contributed by atoms with Gasteiger partial charge in [-0.1, -0.05) is 60.7 Å². The monoisotopic (exact) mass is 528 g/mol. The lowest BCUT2D eigenvalue weighted by molar-refractivity contribution is -0.132. The second-order valence-corrected chi connectivity index (χ2v) is 10.3. The summed E-state index contributed by atoms with van der Waals surface area (Å²) >= 11 is 0. The maximum atomic E-state index is 14.3. The van der Waals surface area contributed by atoms with E-state index in [4.69, 9.17) is 4.74 Å². The quantitative estimate of drug-likeness (QED) is 0.157. The number of Topliss-reactive ketones (excluding diaryl/α,β-unsaturated/α-hetero) is 1. The highest BCUT2D eigenvalue weighted by Gasteiger charge is 2.64. The maximum Gasteiger partial charge on any atom is 0.308 e. The van der Waals surface area contributed by atoms with Crippen LogP contribution in [0, 0.1) is 11.8 Å². The Hall–Kier alpha value is -5.04. The molecule has 0 spiro atoms.